The third-order valence-corrected chi connectivity index (χ3v) is 4.76. The van der Waals surface area contributed by atoms with E-state index in [9.17, 15) is 4.79 Å². The zero-order chi connectivity index (χ0) is 20.2. The van der Waals surface area contributed by atoms with Crippen LogP contribution in [-0.4, -0.2) is 29.6 Å². The Morgan fingerprint density at radius 3 is 2.59 bits per heavy atom. The number of rotatable bonds is 6. The monoisotopic (exact) mass is 386 g/mol. The molecule has 0 atom stereocenters. The van der Waals surface area contributed by atoms with Gasteiger partial charge in [0, 0.05) is 24.8 Å². The van der Waals surface area contributed by atoms with Crippen LogP contribution in [0.2, 0.25) is 0 Å². The van der Waals surface area contributed by atoms with E-state index in [1.54, 1.807) is 20.2 Å². The molecule has 1 heterocycles. The average molecular weight is 386 g/mol. The lowest BCUT2D eigenvalue weighted by Gasteiger charge is -2.12. The van der Waals surface area contributed by atoms with Gasteiger partial charge in [-0.1, -0.05) is 30.3 Å². The van der Waals surface area contributed by atoms with Gasteiger partial charge in [0.25, 0.3) is 5.91 Å². The van der Waals surface area contributed by atoms with Crippen molar-refractivity contribution in [1.29, 1.82) is 0 Å². The van der Waals surface area contributed by atoms with Gasteiger partial charge < -0.3 is 15.4 Å². The molecule has 0 bridgehead atoms. The molecule has 0 saturated heterocycles. The Kier molecular flexibility index (Phi) is 5.16. The number of para-hydroxylation sites is 2. The lowest BCUT2D eigenvalue weighted by Crippen LogP contribution is -2.18. The van der Waals surface area contributed by atoms with E-state index in [0.717, 1.165) is 34.0 Å². The number of hydrogen-bond donors (Lipinski definition) is 2. The van der Waals surface area contributed by atoms with E-state index >= 15 is 0 Å². The van der Waals surface area contributed by atoms with E-state index in [0.29, 0.717) is 12.1 Å². The van der Waals surface area contributed by atoms with Crippen LogP contribution in [0, 0.1) is 0 Å². The van der Waals surface area contributed by atoms with Crippen LogP contribution < -0.4 is 15.4 Å². The number of fused-ring (bicyclic) bond motifs is 1. The summed E-state index contributed by atoms with van der Waals surface area (Å²) in [4.78, 5) is 16.8. The SMILES string of the molecule is CNC(=O)c1cccc(-n2c(NCc3ccc(OC)cc3)nc3ccccc32)c1. The van der Waals surface area contributed by atoms with Gasteiger partial charge in [-0.15, -0.1) is 0 Å². The maximum atomic E-state index is 12.1. The molecule has 0 aliphatic rings. The second-order valence-corrected chi connectivity index (χ2v) is 6.59. The molecular formula is C23H22N4O2. The van der Waals surface area contributed by atoms with E-state index in [2.05, 4.69) is 10.6 Å². The van der Waals surface area contributed by atoms with Gasteiger partial charge in [-0.25, -0.2) is 4.98 Å². The van der Waals surface area contributed by atoms with Gasteiger partial charge in [0.05, 0.1) is 18.1 Å². The maximum Gasteiger partial charge on any atom is 0.251 e. The van der Waals surface area contributed by atoms with Gasteiger partial charge in [0.15, 0.2) is 0 Å². The first kappa shape index (κ1) is 18.6. The van der Waals surface area contributed by atoms with Crippen molar-refractivity contribution in [3.63, 3.8) is 0 Å². The largest absolute Gasteiger partial charge is 0.497 e. The summed E-state index contributed by atoms with van der Waals surface area (Å²) in [6.07, 6.45) is 0. The molecule has 0 aliphatic heterocycles. The Bertz CT molecular complexity index is 1150. The third-order valence-electron chi connectivity index (χ3n) is 4.76. The van der Waals surface area contributed by atoms with Crippen molar-refractivity contribution < 1.29 is 9.53 Å². The second-order valence-electron chi connectivity index (χ2n) is 6.59. The number of hydrogen-bond acceptors (Lipinski definition) is 4. The van der Waals surface area contributed by atoms with Crippen LogP contribution in [0.25, 0.3) is 16.7 Å². The number of nitrogens with zero attached hydrogens (tertiary/aromatic N) is 2. The van der Waals surface area contributed by atoms with Crippen molar-refractivity contribution in [1.82, 2.24) is 14.9 Å². The molecule has 0 aliphatic carbocycles. The number of aromatic nitrogens is 2. The van der Waals surface area contributed by atoms with Crippen LogP contribution in [0.15, 0.2) is 72.8 Å². The number of carbonyl (C=O) groups excluding carboxylic acids is 1. The zero-order valence-electron chi connectivity index (χ0n) is 16.3. The van der Waals surface area contributed by atoms with Gasteiger partial charge in [-0.05, 0) is 48.0 Å². The zero-order valence-corrected chi connectivity index (χ0v) is 16.3. The summed E-state index contributed by atoms with van der Waals surface area (Å²) in [5, 5.41) is 6.10. The van der Waals surface area contributed by atoms with Gasteiger partial charge in [0.1, 0.15) is 5.75 Å². The summed E-state index contributed by atoms with van der Waals surface area (Å²) in [5.74, 6) is 1.42. The fourth-order valence-corrected chi connectivity index (χ4v) is 3.26. The Morgan fingerprint density at radius 1 is 1.03 bits per heavy atom. The fourth-order valence-electron chi connectivity index (χ4n) is 3.26. The summed E-state index contributed by atoms with van der Waals surface area (Å²) in [5.41, 5.74) is 4.44. The van der Waals surface area contributed by atoms with E-state index in [4.69, 9.17) is 9.72 Å². The summed E-state index contributed by atoms with van der Waals surface area (Å²) in [6.45, 7) is 0.614. The number of nitrogens with one attached hydrogen (secondary N) is 2. The van der Waals surface area contributed by atoms with Crippen LogP contribution >= 0.6 is 0 Å². The average Bonchev–Trinajstić information content (AvgIpc) is 3.16. The number of carbonyl (C=O) groups is 1. The van der Waals surface area contributed by atoms with Crippen LogP contribution in [0.1, 0.15) is 15.9 Å². The van der Waals surface area contributed by atoms with E-state index in [1.807, 2.05) is 71.3 Å². The molecule has 6 heteroatoms. The quantitative estimate of drug-likeness (QED) is 0.525. The minimum Gasteiger partial charge on any atom is -0.497 e. The third kappa shape index (κ3) is 3.78. The van der Waals surface area contributed by atoms with Gasteiger partial charge >= 0.3 is 0 Å². The first-order valence-electron chi connectivity index (χ1n) is 9.36. The predicted octanol–water partition coefficient (Wildman–Crippen LogP) is 4.01. The Morgan fingerprint density at radius 2 is 1.83 bits per heavy atom. The minimum atomic E-state index is -0.121. The molecule has 0 radical (unpaired) electrons. The molecule has 4 rings (SSSR count). The number of methoxy groups -OCH3 is 1. The van der Waals surface area contributed by atoms with Gasteiger partial charge in [0.2, 0.25) is 5.95 Å². The normalized spacial score (nSPS) is 10.7. The standard InChI is InChI=1S/C23H22N4O2/c1-24-22(28)17-6-5-7-18(14-17)27-21-9-4-3-8-20(21)26-23(27)25-15-16-10-12-19(29-2)13-11-16/h3-14H,15H2,1-2H3,(H,24,28)(H,25,26). The second kappa shape index (κ2) is 8.06. The summed E-state index contributed by atoms with van der Waals surface area (Å²) >= 11 is 0. The number of ether oxygens (including phenoxy) is 1. The summed E-state index contributed by atoms with van der Waals surface area (Å²) in [7, 11) is 3.28. The first-order chi connectivity index (χ1) is 14.2. The van der Waals surface area contributed by atoms with E-state index in [1.165, 1.54) is 0 Å². The molecule has 0 unspecified atom stereocenters. The lowest BCUT2D eigenvalue weighted by atomic mass is 10.2. The van der Waals surface area contributed by atoms with Crippen LogP contribution in [0.4, 0.5) is 5.95 Å². The molecule has 1 aromatic heterocycles. The van der Waals surface area contributed by atoms with Gasteiger partial charge in [-0.2, -0.15) is 0 Å². The van der Waals surface area contributed by atoms with E-state index < -0.39 is 0 Å². The van der Waals surface area contributed by atoms with Crippen molar-refractivity contribution in [3.05, 3.63) is 83.9 Å². The van der Waals surface area contributed by atoms with Crippen molar-refractivity contribution in [3.8, 4) is 11.4 Å². The Labute approximate surface area is 169 Å². The summed E-state index contributed by atoms with van der Waals surface area (Å²) < 4.78 is 7.25. The van der Waals surface area contributed by atoms with Crippen molar-refractivity contribution in [2.75, 3.05) is 19.5 Å². The molecule has 4 aromatic rings. The molecule has 0 saturated carbocycles. The first-order valence-corrected chi connectivity index (χ1v) is 9.36. The molecular weight excluding hydrogens is 364 g/mol. The van der Waals surface area contributed by atoms with Crippen LogP contribution in [-0.2, 0) is 6.54 Å². The van der Waals surface area contributed by atoms with Crippen molar-refractivity contribution in [2.45, 2.75) is 6.54 Å². The Hall–Kier alpha value is -3.80. The van der Waals surface area contributed by atoms with Crippen molar-refractivity contribution >= 4 is 22.9 Å². The van der Waals surface area contributed by atoms with Crippen molar-refractivity contribution in [2.24, 2.45) is 0 Å². The minimum absolute atomic E-state index is 0.121. The molecule has 0 fully saturated rings. The number of anilines is 1. The highest BCUT2D eigenvalue weighted by atomic mass is 16.5. The molecule has 29 heavy (non-hydrogen) atoms. The Balaban J connectivity index is 1.72. The highest BCUT2D eigenvalue weighted by Crippen LogP contribution is 2.26. The van der Waals surface area contributed by atoms with E-state index in [-0.39, 0.29) is 5.91 Å². The lowest BCUT2D eigenvalue weighted by molar-refractivity contribution is 0.0963. The maximum absolute atomic E-state index is 12.1. The molecule has 0 spiro atoms. The topological polar surface area (TPSA) is 68.2 Å². The highest BCUT2D eigenvalue weighted by molar-refractivity contribution is 5.94. The molecule has 146 valence electrons. The fraction of sp³-hybridized carbons (Fsp3) is 0.130. The molecule has 3 aromatic carbocycles. The number of amides is 1. The van der Waals surface area contributed by atoms with Crippen LogP contribution in [0.3, 0.4) is 0 Å². The molecule has 6 nitrogen and oxygen atoms in total. The molecule has 2 N–H and O–H groups in total. The summed E-state index contributed by atoms with van der Waals surface area (Å²) in [6, 6.07) is 23.4. The highest BCUT2D eigenvalue weighted by Gasteiger charge is 2.13. The predicted molar refractivity (Wildman–Crippen MR) is 115 cm³/mol. The molecule has 1 amide bonds. The smallest absolute Gasteiger partial charge is 0.251 e. The number of imidazole rings is 1. The van der Waals surface area contributed by atoms with Crippen LogP contribution in [0.5, 0.6) is 5.75 Å². The van der Waals surface area contributed by atoms with Gasteiger partial charge in [-0.3, -0.25) is 9.36 Å². The number of benzene rings is 3.